The number of rotatable bonds is 5. The number of nitrogen functional groups attached to an aromatic ring is 1. The van der Waals surface area contributed by atoms with E-state index in [1.165, 1.54) is 6.92 Å². The molecule has 0 spiro atoms. The second-order valence-corrected chi connectivity index (χ2v) is 6.74. The molecule has 7 nitrogen and oxygen atoms in total. The summed E-state index contributed by atoms with van der Waals surface area (Å²) in [6, 6.07) is 6.85. The highest BCUT2D eigenvalue weighted by molar-refractivity contribution is 7.90. The van der Waals surface area contributed by atoms with Crippen molar-refractivity contribution in [2.24, 2.45) is 0 Å². The van der Waals surface area contributed by atoms with Crippen LogP contribution in [0, 0.1) is 0 Å². The Bertz CT molecular complexity index is 679. The first-order valence-corrected chi connectivity index (χ1v) is 7.81. The minimum Gasteiger partial charge on any atom is -0.484 e. The van der Waals surface area contributed by atoms with Gasteiger partial charge in [0.25, 0.3) is 5.89 Å². The molecule has 2 aromatic rings. The van der Waals surface area contributed by atoms with Crippen molar-refractivity contribution in [1.29, 1.82) is 0 Å². The molecule has 0 aliphatic heterocycles. The van der Waals surface area contributed by atoms with Gasteiger partial charge in [0.15, 0.2) is 22.3 Å². The van der Waals surface area contributed by atoms with Gasteiger partial charge in [-0.2, -0.15) is 4.98 Å². The van der Waals surface area contributed by atoms with Gasteiger partial charge in [-0.1, -0.05) is 5.16 Å². The van der Waals surface area contributed by atoms with E-state index >= 15 is 0 Å². The number of ether oxygens (including phenoxy) is 1. The van der Waals surface area contributed by atoms with Crippen LogP contribution in [0.3, 0.4) is 0 Å². The van der Waals surface area contributed by atoms with Crippen LogP contribution in [-0.4, -0.2) is 24.8 Å². The summed E-state index contributed by atoms with van der Waals surface area (Å²) in [7, 11) is -3.25. The Morgan fingerprint density at radius 2 is 2.00 bits per heavy atom. The summed E-state index contributed by atoms with van der Waals surface area (Å²) in [6.07, 6.45) is 1.12. The van der Waals surface area contributed by atoms with Gasteiger partial charge >= 0.3 is 0 Å². The Balaban J connectivity index is 2.01. The van der Waals surface area contributed by atoms with Gasteiger partial charge in [-0.15, -0.1) is 0 Å². The maximum absolute atomic E-state index is 11.4. The number of aromatic nitrogens is 2. The molecule has 0 saturated carbocycles. The van der Waals surface area contributed by atoms with Crippen LogP contribution in [0.15, 0.2) is 28.8 Å². The maximum Gasteiger partial charge on any atom is 0.264 e. The van der Waals surface area contributed by atoms with Crippen molar-refractivity contribution in [2.45, 2.75) is 18.8 Å². The lowest BCUT2D eigenvalue weighted by atomic mass is 10.3. The number of benzene rings is 1. The van der Waals surface area contributed by atoms with E-state index in [1.54, 1.807) is 24.3 Å². The monoisotopic (exact) mass is 297 g/mol. The predicted molar refractivity (Wildman–Crippen MR) is 72.7 cm³/mol. The molecule has 0 radical (unpaired) electrons. The third kappa shape index (κ3) is 3.47. The second kappa shape index (κ2) is 5.49. The van der Waals surface area contributed by atoms with Gasteiger partial charge in [0.2, 0.25) is 0 Å². The topological polar surface area (TPSA) is 108 Å². The van der Waals surface area contributed by atoms with Crippen LogP contribution in [0.25, 0.3) is 0 Å². The minimum absolute atomic E-state index is 0.0629. The first kappa shape index (κ1) is 14.3. The molecule has 8 heteroatoms. The molecule has 2 rings (SSSR count). The zero-order valence-corrected chi connectivity index (χ0v) is 11.9. The lowest BCUT2D eigenvalue weighted by Gasteiger charge is -2.03. The number of hydrogen-bond acceptors (Lipinski definition) is 7. The molecule has 1 unspecified atom stereocenters. The molecule has 2 N–H and O–H groups in total. The SMILES string of the molecule is CC(c1noc(COc2ccc(N)cc2)n1)S(C)(=O)=O. The Labute approximate surface area is 116 Å². The van der Waals surface area contributed by atoms with Crippen LogP contribution >= 0.6 is 0 Å². The quantitative estimate of drug-likeness (QED) is 0.829. The molecule has 0 amide bonds. The number of hydrogen-bond donors (Lipinski definition) is 1. The highest BCUT2D eigenvalue weighted by Gasteiger charge is 2.23. The largest absolute Gasteiger partial charge is 0.484 e. The van der Waals surface area contributed by atoms with E-state index in [1.807, 2.05) is 0 Å². The van der Waals surface area contributed by atoms with Crippen LogP contribution in [-0.2, 0) is 16.4 Å². The summed E-state index contributed by atoms with van der Waals surface area (Å²) in [5.41, 5.74) is 6.20. The zero-order valence-electron chi connectivity index (χ0n) is 11.1. The Morgan fingerprint density at radius 3 is 2.60 bits per heavy atom. The number of anilines is 1. The van der Waals surface area contributed by atoms with Crippen molar-refractivity contribution < 1.29 is 17.7 Å². The fourth-order valence-electron chi connectivity index (χ4n) is 1.39. The molecule has 0 fully saturated rings. The predicted octanol–water partition coefficient (Wildman–Crippen LogP) is 1.34. The molecule has 1 aromatic carbocycles. The average Bonchev–Trinajstić information content (AvgIpc) is 2.85. The van der Waals surface area contributed by atoms with Crippen molar-refractivity contribution in [3.63, 3.8) is 0 Å². The summed E-state index contributed by atoms with van der Waals surface area (Å²) in [6.45, 7) is 1.57. The van der Waals surface area contributed by atoms with Gasteiger partial charge in [0.05, 0.1) is 0 Å². The number of sulfone groups is 1. The summed E-state index contributed by atoms with van der Waals surface area (Å²) in [5.74, 6) is 0.950. The number of nitrogens with two attached hydrogens (primary N) is 1. The Hall–Kier alpha value is -2.09. The molecule has 20 heavy (non-hydrogen) atoms. The molecule has 0 aliphatic rings. The molecule has 0 aliphatic carbocycles. The summed E-state index contributed by atoms with van der Waals surface area (Å²) in [5, 5.41) is 2.83. The fourth-order valence-corrected chi connectivity index (χ4v) is 1.87. The third-order valence-electron chi connectivity index (χ3n) is 2.73. The Morgan fingerprint density at radius 1 is 1.35 bits per heavy atom. The van der Waals surface area contributed by atoms with Crippen molar-refractivity contribution in [2.75, 3.05) is 12.0 Å². The highest BCUT2D eigenvalue weighted by Crippen LogP contribution is 2.19. The fraction of sp³-hybridized carbons (Fsp3) is 0.333. The van der Waals surface area contributed by atoms with E-state index in [2.05, 4.69) is 10.1 Å². The maximum atomic E-state index is 11.4. The standard InChI is InChI=1S/C12H15N3O4S/c1-8(20(2,16)17)12-14-11(19-15-12)7-18-10-5-3-9(13)4-6-10/h3-6,8H,7,13H2,1-2H3. The molecular weight excluding hydrogens is 282 g/mol. The molecule has 108 valence electrons. The third-order valence-corrected chi connectivity index (χ3v) is 4.23. The van der Waals surface area contributed by atoms with Crippen molar-refractivity contribution in [1.82, 2.24) is 10.1 Å². The van der Waals surface area contributed by atoms with E-state index in [0.29, 0.717) is 11.4 Å². The van der Waals surface area contributed by atoms with Gasteiger partial charge in [-0.05, 0) is 31.2 Å². The zero-order chi connectivity index (χ0) is 14.8. The number of nitrogens with zero attached hydrogens (tertiary/aromatic N) is 2. The van der Waals surface area contributed by atoms with Crippen LogP contribution in [0.4, 0.5) is 5.69 Å². The van der Waals surface area contributed by atoms with E-state index in [0.717, 1.165) is 6.26 Å². The molecule has 1 aromatic heterocycles. The van der Waals surface area contributed by atoms with Crippen LogP contribution in [0.2, 0.25) is 0 Å². The average molecular weight is 297 g/mol. The lowest BCUT2D eigenvalue weighted by Crippen LogP contribution is -2.09. The first-order valence-electron chi connectivity index (χ1n) is 5.86. The molecule has 1 heterocycles. The normalized spacial score (nSPS) is 13.1. The van der Waals surface area contributed by atoms with Crippen LogP contribution < -0.4 is 10.5 Å². The summed E-state index contributed by atoms with van der Waals surface area (Å²) < 4.78 is 33.2. The summed E-state index contributed by atoms with van der Waals surface area (Å²) in [4.78, 5) is 4.00. The Kier molecular flexibility index (Phi) is 3.93. The van der Waals surface area contributed by atoms with E-state index in [4.69, 9.17) is 15.0 Å². The lowest BCUT2D eigenvalue weighted by molar-refractivity contribution is 0.242. The van der Waals surface area contributed by atoms with Crippen LogP contribution in [0.5, 0.6) is 5.75 Å². The van der Waals surface area contributed by atoms with Gasteiger partial charge in [0.1, 0.15) is 11.0 Å². The molecule has 0 bridgehead atoms. The smallest absolute Gasteiger partial charge is 0.264 e. The van der Waals surface area contributed by atoms with Crippen LogP contribution in [0.1, 0.15) is 23.9 Å². The van der Waals surface area contributed by atoms with Gasteiger partial charge in [0, 0.05) is 11.9 Å². The van der Waals surface area contributed by atoms with Gasteiger partial charge in [-0.3, -0.25) is 0 Å². The van der Waals surface area contributed by atoms with E-state index in [9.17, 15) is 8.42 Å². The van der Waals surface area contributed by atoms with Crippen molar-refractivity contribution >= 4 is 15.5 Å². The van der Waals surface area contributed by atoms with E-state index in [-0.39, 0.29) is 18.3 Å². The van der Waals surface area contributed by atoms with Gasteiger partial charge < -0.3 is 15.0 Å². The van der Waals surface area contributed by atoms with Gasteiger partial charge in [-0.25, -0.2) is 8.42 Å². The molecule has 0 saturated heterocycles. The highest BCUT2D eigenvalue weighted by atomic mass is 32.2. The van der Waals surface area contributed by atoms with Crippen molar-refractivity contribution in [3.05, 3.63) is 36.0 Å². The summed E-state index contributed by atoms with van der Waals surface area (Å²) >= 11 is 0. The van der Waals surface area contributed by atoms with E-state index < -0.39 is 15.1 Å². The second-order valence-electron chi connectivity index (χ2n) is 4.38. The minimum atomic E-state index is -3.25. The molecule has 1 atom stereocenters. The molecular formula is C12H15N3O4S. The van der Waals surface area contributed by atoms with Crippen molar-refractivity contribution in [3.8, 4) is 5.75 Å². The first-order chi connectivity index (χ1) is 9.36.